The lowest BCUT2D eigenvalue weighted by molar-refractivity contribution is -0.149. The lowest BCUT2D eigenvalue weighted by Gasteiger charge is -2.32. The molecular weight excluding hydrogens is 576 g/mol. The number of carboxylic acids is 1. The van der Waals surface area contributed by atoms with E-state index in [1.807, 2.05) is 17.8 Å². The van der Waals surface area contributed by atoms with Gasteiger partial charge >= 0.3 is 5.97 Å². The van der Waals surface area contributed by atoms with Crippen LogP contribution in [0.25, 0.3) is 0 Å². The van der Waals surface area contributed by atoms with E-state index in [2.05, 4.69) is 16.9 Å². The van der Waals surface area contributed by atoms with Gasteiger partial charge in [0.05, 0.1) is 23.7 Å². The molecule has 0 saturated heterocycles. The smallest absolute Gasteiger partial charge is 0.309 e. The molecule has 0 bridgehead atoms. The zero-order valence-electron chi connectivity index (χ0n) is 24.8. The number of rotatable bonds is 12. The highest BCUT2D eigenvalue weighted by Crippen LogP contribution is 2.39. The summed E-state index contributed by atoms with van der Waals surface area (Å²) in [5, 5.41) is 19.1. The molecule has 2 atom stereocenters. The van der Waals surface area contributed by atoms with E-state index in [-0.39, 0.29) is 24.1 Å². The van der Waals surface area contributed by atoms with Gasteiger partial charge in [-0.1, -0.05) is 60.2 Å². The average Bonchev–Trinajstić information content (AvgIpc) is 3.33. The number of fused-ring (bicyclic) bond motifs is 1. The number of carbonyl (C=O) groups is 1. The zero-order chi connectivity index (χ0) is 30.7. The van der Waals surface area contributed by atoms with Gasteiger partial charge in [0.25, 0.3) is 0 Å². The highest BCUT2D eigenvalue weighted by atomic mass is 35.5. The Morgan fingerprint density at radius 2 is 2.02 bits per heavy atom. The van der Waals surface area contributed by atoms with E-state index in [1.165, 1.54) is 10.7 Å². The van der Waals surface area contributed by atoms with Crippen LogP contribution in [0.2, 0.25) is 0 Å². The van der Waals surface area contributed by atoms with Crippen LogP contribution >= 0.6 is 11.6 Å². The molecule has 228 valence electrons. The Morgan fingerprint density at radius 3 is 2.64 bits per heavy atom. The number of sulfonamides is 1. The molecule has 2 heterocycles. The third kappa shape index (κ3) is 6.82. The van der Waals surface area contributed by atoms with Crippen molar-refractivity contribution in [2.45, 2.75) is 83.3 Å². The summed E-state index contributed by atoms with van der Waals surface area (Å²) in [6.07, 6.45) is 10.0. The van der Waals surface area contributed by atoms with Crippen LogP contribution in [0.1, 0.15) is 71.5 Å². The summed E-state index contributed by atoms with van der Waals surface area (Å²) < 4.78 is 36.9. The van der Waals surface area contributed by atoms with Gasteiger partial charge in [0.1, 0.15) is 16.7 Å². The molecule has 4 rings (SSSR count). The van der Waals surface area contributed by atoms with Crippen molar-refractivity contribution in [2.75, 3.05) is 13.1 Å². The highest BCUT2D eigenvalue weighted by Gasteiger charge is 2.39. The van der Waals surface area contributed by atoms with E-state index in [0.717, 1.165) is 18.5 Å². The second kappa shape index (κ2) is 13.1. The van der Waals surface area contributed by atoms with Crippen LogP contribution in [0.3, 0.4) is 0 Å². The number of hydrogen-bond acceptors (Lipinski definition) is 6. The fraction of sp³-hybridized carbons (Fsp3) is 0.516. The Morgan fingerprint density at radius 1 is 1.31 bits per heavy atom. The van der Waals surface area contributed by atoms with Gasteiger partial charge in [-0.2, -0.15) is 4.31 Å². The molecule has 1 aromatic heterocycles. The minimum atomic E-state index is -3.91. The van der Waals surface area contributed by atoms with Crippen molar-refractivity contribution < 1.29 is 23.1 Å². The summed E-state index contributed by atoms with van der Waals surface area (Å²) in [5.41, 5.74) is 0.736. The summed E-state index contributed by atoms with van der Waals surface area (Å²) in [6.45, 7) is 11.5. The van der Waals surface area contributed by atoms with E-state index >= 15 is 0 Å². The van der Waals surface area contributed by atoms with Gasteiger partial charge in [0.2, 0.25) is 10.0 Å². The maximum absolute atomic E-state index is 13.8. The molecule has 1 N–H and O–H groups in total. The Balaban J connectivity index is 1.63. The maximum atomic E-state index is 13.8. The zero-order valence-corrected chi connectivity index (χ0v) is 26.4. The molecule has 2 aliphatic rings. The predicted octanol–water partition coefficient (Wildman–Crippen LogP) is 6.15. The van der Waals surface area contributed by atoms with Crippen LogP contribution in [-0.4, -0.2) is 58.0 Å². The average molecular weight is 617 g/mol. The number of aromatic nitrogens is 3. The number of nitrogens with zero attached hydrogens (tertiary/aromatic N) is 4. The van der Waals surface area contributed by atoms with Crippen molar-refractivity contribution in [3.63, 3.8) is 0 Å². The van der Waals surface area contributed by atoms with Gasteiger partial charge in [-0.25, -0.2) is 13.1 Å². The lowest BCUT2D eigenvalue weighted by Crippen LogP contribution is -2.38. The molecule has 9 nitrogen and oxygen atoms in total. The SMILES string of the molecule is C=C(/C=C(CN1C[C@@H](CC)Oc2ccccc2S1(=O)=O)\C(Cl)=C/C)[C@@H](CCc1cn(C2CCC2)nn1)C(C)(C)C(=O)O. The van der Waals surface area contributed by atoms with Crippen LogP contribution in [0, 0.1) is 11.3 Å². The highest BCUT2D eigenvalue weighted by molar-refractivity contribution is 7.89. The molecule has 0 spiro atoms. The van der Waals surface area contributed by atoms with Gasteiger partial charge in [0.15, 0.2) is 0 Å². The Bertz CT molecular complexity index is 1480. The topological polar surface area (TPSA) is 115 Å². The number of ether oxygens (including phenoxy) is 1. The minimum absolute atomic E-state index is 0.0192. The Labute approximate surface area is 253 Å². The van der Waals surface area contributed by atoms with Crippen LogP contribution in [0.4, 0.5) is 0 Å². The van der Waals surface area contributed by atoms with Gasteiger partial charge < -0.3 is 9.84 Å². The number of para-hydroxylation sites is 1. The third-order valence-electron chi connectivity index (χ3n) is 8.46. The summed E-state index contributed by atoms with van der Waals surface area (Å²) >= 11 is 6.67. The lowest BCUT2D eigenvalue weighted by atomic mass is 9.72. The van der Waals surface area contributed by atoms with Crippen LogP contribution in [-0.2, 0) is 21.2 Å². The van der Waals surface area contributed by atoms with Crippen molar-refractivity contribution in [3.8, 4) is 5.75 Å². The van der Waals surface area contributed by atoms with E-state index in [0.29, 0.717) is 47.2 Å². The van der Waals surface area contributed by atoms with Crippen LogP contribution in [0.5, 0.6) is 5.75 Å². The summed E-state index contributed by atoms with van der Waals surface area (Å²) in [7, 11) is -3.91. The van der Waals surface area contributed by atoms with Crippen molar-refractivity contribution in [1.82, 2.24) is 19.3 Å². The molecule has 0 radical (unpaired) electrons. The van der Waals surface area contributed by atoms with Crippen molar-refractivity contribution in [1.29, 1.82) is 0 Å². The Kier molecular flexibility index (Phi) is 10.0. The molecule has 1 fully saturated rings. The normalized spacial score (nSPS) is 20.6. The molecule has 1 saturated carbocycles. The number of allylic oxidation sites excluding steroid dienone is 3. The number of aliphatic carboxylic acids is 1. The second-order valence-corrected chi connectivity index (χ2v) is 14.0. The van der Waals surface area contributed by atoms with Crippen molar-refractivity contribution >= 4 is 27.6 Å². The maximum Gasteiger partial charge on any atom is 0.309 e. The standard InChI is InChI=1S/C31H41ClN4O5S/c1-6-25-20-35(42(39,40)29-14-9-8-13-28(29)41-25)18-22(27(32)7-2)17-21(3)26(31(4,5)30(37)38)16-15-23-19-36(34-33-23)24-11-10-12-24/h7-9,13-14,17,19,24-26H,3,6,10-12,15-16,18,20H2,1-2,4-5H3,(H,37,38)/b22-17-,27-7+/t25-,26-/m1/s1. The van der Waals surface area contributed by atoms with Gasteiger partial charge in [-0.15, -0.1) is 5.10 Å². The number of hydrogen-bond donors (Lipinski definition) is 1. The predicted molar refractivity (Wildman–Crippen MR) is 163 cm³/mol. The Hall–Kier alpha value is -2.95. The molecule has 42 heavy (non-hydrogen) atoms. The second-order valence-electron chi connectivity index (χ2n) is 11.7. The largest absolute Gasteiger partial charge is 0.488 e. The van der Waals surface area contributed by atoms with E-state index in [4.69, 9.17) is 16.3 Å². The first-order valence-corrected chi connectivity index (χ1v) is 16.3. The van der Waals surface area contributed by atoms with Gasteiger partial charge in [-0.3, -0.25) is 4.79 Å². The fourth-order valence-corrected chi connectivity index (χ4v) is 7.09. The molecule has 2 aromatic rings. The minimum Gasteiger partial charge on any atom is -0.488 e. The van der Waals surface area contributed by atoms with E-state index in [9.17, 15) is 18.3 Å². The molecule has 1 aliphatic carbocycles. The van der Waals surface area contributed by atoms with E-state index < -0.39 is 27.3 Å². The first kappa shape index (κ1) is 32.0. The molecule has 0 amide bonds. The van der Waals surface area contributed by atoms with E-state index in [1.54, 1.807) is 57.2 Å². The van der Waals surface area contributed by atoms with Crippen molar-refractivity contribution in [3.05, 3.63) is 71.1 Å². The first-order valence-electron chi connectivity index (χ1n) is 14.5. The molecule has 1 aromatic carbocycles. The first-order chi connectivity index (χ1) is 19.9. The molecule has 11 heteroatoms. The number of benzene rings is 1. The molecule has 1 aliphatic heterocycles. The van der Waals surface area contributed by atoms with Crippen LogP contribution < -0.4 is 4.74 Å². The van der Waals surface area contributed by atoms with Crippen molar-refractivity contribution in [2.24, 2.45) is 11.3 Å². The third-order valence-corrected chi connectivity index (χ3v) is 10.8. The van der Waals surface area contributed by atoms with Crippen LogP contribution in [0.15, 0.2) is 70.3 Å². The number of halogens is 1. The summed E-state index contributed by atoms with van der Waals surface area (Å²) in [5.74, 6) is -1.10. The van der Waals surface area contributed by atoms with Gasteiger partial charge in [-0.05, 0) is 82.9 Å². The van der Waals surface area contributed by atoms with Gasteiger partial charge in [0, 0.05) is 17.8 Å². The summed E-state index contributed by atoms with van der Waals surface area (Å²) in [6, 6.07) is 7.02. The number of aryl methyl sites for hydroxylation is 1. The molecule has 0 unspecified atom stereocenters. The fourth-order valence-electron chi connectivity index (χ4n) is 5.40. The molecular formula is C31H41ClN4O5S. The monoisotopic (exact) mass is 616 g/mol. The summed E-state index contributed by atoms with van der Waals surface area (Å²) in [4.78, 5) is 12.5. The number of carboxylic acid groups (broad SMARTS) is 1. The quantitative estimate of drug-likeness (QED) is 0.284.